The second kappa shape index (κ2) is 2.24. The lowest BCUT2D eigenvalue weighted by atomic mass is 10.1. The Hall–Kier alpha value is -0.0800. The van der Waals surface area contributed by atoms with Crippen LogP contribution in [0.25, 0.3) is 0 Å². The quantitative estimate of drug-likeness (QED) is 0.614. The lowest BCUT2D eigenvalue weighted by molar-refractivity contribution is 0.0235. The van der Waals surface area contributed by atoms with E-state index < -0.39 is 0 Å². The van der Waals surface area contributed by atoms with Gasteiger partial charge in [-0.15, -0.1) is 0 Å². The van der Waals surface area contributed by atoms with Gasteiger partial charge in [-0.2, -0.15) is 0 Å². The average Bonchev–Trinajstić information content (AvgIpc) is 2.48. The van der Waals surface area contributed by atoms with Gasteiger partial charge >= 0.3 is 0 Å². The summed E-state index contributed by atoms with van der Waals surface area (Å²) in [5, 5.41) is 0. The largest absolute Gasteiger partial charge is 0.375 e. The van der Waals surface area contributed by atoms with Crippen molar-refractivity contribution in [3.8, 4) is 0 Å². The molecule has 0 amide bonds. The third-order valence-electron chi connectivity index (χ3n) is 3.70. The maximum atomic E-state index is 5.58. The Balaban J connectivity index is 1.64. The van der Waals surface area contributed by atoms with Gasteiger partial charge in [0.2, 0.25) is 0 Å². The van der Waals surface area contributed by atoms with Gasteiger partial charge in [0.25, 0.3) is 0 Å². The van der Waals surface area contributed by atoms with Gasteiger partial charge in [-0.05, 0) is 24.7 Å². The molecule has 2 unspecified atom stereocenters. The van der Waals surface area contributed by atoms with Crippen molar-refractivity contribution in [1.82, 2.24) is 4.90 Å². The number of likely N-dealkylation sites (tertiary alicyclic amines) is 1. The number of morpholine rings is 1. The van der Waals surface area contributed by atoms with Crippen LogP contribution in [0.4, 0.5) is 0 Å². The first-order chi connectivity index (χ1) is 5.75. The summed E-state index contributed by atoms with van der Waals surface area (Å²) in [7, 11) is 0. The molecule has 2 nitrogen and oxygen atoms in total. The molecule has 2 bridgehead atoms. The minimum Gasteiger partial charge on any atom is -0.375 e. The molecule has 0 aromatic carbocycles. The van der Waals surface area contributed by atoms with E-state index in [1.165, 1.54) is 32.4 Å². The van der Waals surface area contributed by atoms with Crippen molar-refractivity contribution in [2.45, 2.75) is 38.3 Å². The first-order valence-corrected chi connectivity index (χ1v) is 5.11. The van der Waals surface area contributed by atoms with Crippen LogP contribution in [0, 0.1) is 5.41 Å². The monoisotopic (exact) mass is 167 g/mol. The Morgan fingerprint density at radius 1 is 1.50 bits per heavy atom. The standard InChI is InChI=1S/C10H17NO/c1-10(2-3-10)7-11-5-9-4-8(11)6-12-9/h8-9H,2-7H2,1H3. The third kappa shape index (κ3) is 1.09. The summed E-state index contributed by atoms with van der Waals surface area (Å²) in [6.45, 7) is 5.96. The van der Waals surface area contributed by atoms with Crippen LogP contribution < -0.4 is 0 Å². The Bertz CT molecular complexity index is 200. The first-order valence-electron chi connectivity index (χ1n) is 5.11. The van der Waals surface area contributed by atoms with E-state index >= 15 is 0 Å². The number of hydrogen-bond acceptors (Lipinski definition) is 2. The molecule has 12 heavy (non-hydrogen) atoms. The summed E-state index contributed by atoms with van der Waals surface area (Å²) in [5.74, 6) is 0. The van der Waals surface area contributed by atoms with Gasteiger partial charge in [-0.1, -0.05) is 6.92 Å². The fourth-order valence-corrected chi connectivity index (χ4v) is 2.53. The maximum Gasteiger partial charge on any atom is 0.0718 e. The highest BCUT2D eigenvalue weighted by atomic mass is 16.5. The van der Waals surface area contributed by atoms with Crippen molar-refractivity contribution < 1.29 is 4.74 Å². The molecule has 1 saturated carbocycles. The van der Waals surface area contributed by atoms with Crippen LogP contribution in [0.15, 0.2) is 0 Å². The minimum absolute atomic E-state index is 0.581. The summed E-state index contributed by atoms with van der Waals surface area (Å²) < 4.78 is 5.58. The highest BCUT2D eigenvalue weighted by Crippen LogP contribution is 2.47. The normalized spacial score (nSPS) is 43.8. The number of nitrogens with zero attached hydrogens (tertiary/aromatic N) is 1. The predicted molar refractivity (Wildman–Crippen MR) is 47.1 cm³/mol. The lowest BCUT2D eigenvalue weighted by Gasteiger charge is -2.29. The maximum absolute atomic E-state index is 5.58. The number of hydrogen-bond donors (Lipinski definition) is 0. The van der Waals surface area contributed by atoms with Crippen molar-refractivity contribution in [1.29, 1.82) is 0 Å². The van der Waals surface area contributed by atoms with Crippen LogP contribution in [0.1, 0.15) is 26.2 Å². The van der Waals surface area contributed by atoms with E-state index in [0.717, 1.165) is 12.6 Å². The predicted octanol–water partition coefficient (Wildman–Crippen LogP) is 1.26. The molecule has 0 N–H and O–H groups in total. The van der Waals surface area contributed by atoms with Crippen molar-refractivity contribution in [3.63, 3.8) is 0 Å². The SMILES string of the molecule is CC1(CN2CC3CC2CO3)CC1. The van der Waals surface area contributed by atoms with Gasteiger partial charge in [0.05, 0.1) is 12.7 Å². The molecule has 3 fully saturated rings. The van der Waals surface area contributed by atoms with E-state index in [0.29, 0.717) is 11.5 Å². The molecular formula is C10H17NO. The van der Waals surface area contributed by atoms with Crippen molar-refractivity contribution in [3.05, 3.63) is 0 Å². The first kappa shape index (κ1) is 7.34. The van der Waals surface area contributed by atoms with Crippen molar-refractivity contribution in [2.75, 3.05) is 19.7 Å². The van der Waals surface area contributed by atoms with Crippen LogP contribution in [-0.2, 0) is 4.74 Å². The van der Waals surface area contributed by atoms with Crippen LogP contribution >= 0.6 is 0 Å². The zero-order chi connectivity index (χ0) is 8.18. The Kier molecular flexibility index (Phi) is 1.37. The van der Waals surface area contributed by atoms with E-state index in [9.17, 15) is 0 Å². The van der Waals surface area contributed by atoms with Crippen molar-refractivity contribution in [2.24, 2.45) is 5.41 Å². The lowest BCUT2D eigenvalue weighted by Crippen LogP contribution is -2.40. The molecule has 0 spiro atoms. The number of rotatable bonds is 2. The molecule has 2 heterocycles. The van der Waals surface area contributed by atoms with Crippen LogP contribution in [0.2, 0.25) is 0 Å². The molecule has 2 saturated heterocycles. The summed E-state index contributed by atoms with van der Waals surface area (Å²) in [6, 6.07) is 0.771. The number of ether oxygens (including phenoxy) is 1. The zero-order valence-corrected chi connectivity index (χ0v) is 7.75. The summed E-state index contributed by atoms with van der Waals surface area (Å²) in [6.07, 6.45) is 4.77. The highest BCUT2D eigenvalue weighted by Gasteiger charge is 2.45. The molecule has 0 aromatic heterocycles. The van der Waals surface area contributed by atoms with E-state index in [1.807, 2.05) is 0 Å². The van der Waals surface area contributed by atoms with Gasteiger partial charge in [0.15, 0.2) is 0 Å². The molecule has 0 aromatic rings. The molecule has 2 heteroatoms. The van der Waals surface area contributed by atoms with Crippen LogP contribution in [0.5, 0.6) is 0 Å². The summed E-state index contributed by atoms with van der Waals surface area (Å²) >= 11 is 0. The molecule has 68 valence electrons. The molecule has 3 aliphatic rings. The van der Waals surface area contributed by atoms with Crippen LogP contribution in [0.3, 0.4) is 0 Å². The van der Waals surface area contributed by atoms with E-state index in [-0.39, 0.29) is 0 Å². The smallest absolute Gasteiger partial charge is 0.0718 e. The molecule has 1 aliphatic carbocycles. The Morgan fingerprint density at radius 2 is 2.33 bits per heavy atom. The Labute approximate surface area is 73.9 Å². The average molecular weight is 167 g/mol. The molecule has 3 rings (SSSR count). The second-order valence-electron chi connectivity index (χ2n) is 5.08. The Morgan fingerprint density at radius 3 is 2.83 bits per heavy atom. The summed E-state index contributed by atoms with van der Waals surface area (Å²) in [5.41, 5.74) is 0.685. The van der Waals surface area contributed by atoms with Gasteiger partial charge in [0.1, 0.15) is 0 Å². The second-order valence-corrected chi connectivity index (χ2v) is 5.08. The summed E-state index contributed by atoms with van der Waals surface area (Å²) in [4.78, 5) is 2.65. The van der Waals surface area contributed by atoms with Crippen molar-refractivity contribution >= 4 is 0 Å². The van der Waals surface area contributed by atoms with E-state index in [1.54, 1.807) is 0 Å². The van der Waals surface area contributed by atoms with Gasteiger partial charge in [-0.3, -0.25) is 4.90 Å². The topological polar surface area (TPSA) is 12.5 Å². The van der Waals surface area contributed by atoms with Gasteiger partial charge in [-0.25, -0.2) is 0 Å². The molecular weight excluding hydrogens is 150 g/mol. The third-order valence-corrected chi connectivity index (χ3v) is 3.70. The number of fused-ring (bicyclic) bond motifs is 2. The minimum atomic E-state index is 0.581. The molecule has 2 atom stereocenters. The fourth-order valence-electron chi connectivity index (χ4n) is 2.53. The highest BCUT2D eigenvalue weighted by molar-refractivity contribution is 4.98. The van der Waals surface area contributed by atoms with Gasteiger partial charge < -0.3 is 4.74 Å². The van der Waals surface area contributed by atoms with E-state index in [2.05, 4.69) is 11.8 Å². The molecule has 0 radical (unpaired) electrons. The van der Waals surface area contributed by atoms with Crippen LogP contribution in [-0.4, -0.2) is 36.7 Å². The zero-order valence-electron chi connectivity index (χ0n) is 7.75. The van der Waals surface area contributed by atoms with E-state index in [4.69, 9.17) is 4.74 Å². The molecule has 2 aliphatic heterocycles. The fraction of sp³-hybridized carbons (Fsp3) is 1.00. The van der Waals surface area contributed by atoms with Gasteiger partial charge in [0, 0.05) is 19.1 Å².